The third-order valence-electron chi connectivity index (χ3n) is 6.35. The fourth-order valence-corrected chi connectivity index (χ4v) is 5.10. The van der Waals surface area contributed by atoms with Crippen molar-refractivity contribution in [2.45, 2.75) is 43.8 Å². The van der Waals surface area contributed by atoms with E-state index >= 15 is 0 Å². The van der Waals surface area contributed by atoms with Crippen LogP contribution in [0.2, 0.25) is 0 Å². The molecule has 3 aromatic rings. The van der Waals surface area contributed by atoms with Gasteiger partial charge in [-0.3, -0.25) is 9.59 Å². The predicted octanol–water partition coefficient (Wildman–Crippen LogP) is 7.48. The number of halogens is 3. The Balaban J connectivity index is 1.45. The van der Waals surface area contributed by atoms with Crippen LogP contribution in [-0.2, 0) is 11.0 Å². The largest absolute Gasteiger partial charge is 0.494 e. The molecule has 3 aromatic carbocycles. The third kappa shape index (κ3) is 6.84. The maximum absolute atomic E-state index is 13.0. The number of carbonyl (C=O) groups excluding carboxylic acids is 2. The molecule has 0 spiro atoms. The minimum atomic E-state index is -4.42. The Morgan fingerprint density at radius 1 is 1.08 bits per heavy atom. The van der Waals surface area contributed by atoms with Crippen molar-refractivity contribution in [3.63, 3.8) is 0 Å². The molecule has 0 saturated carbocycles. The topological polar surface area (TPSA) is 58.6 Å². The van der Waals surface area contributed by atoms with E-state index in [1.54, 1.807) is 31.3 Å². The summed E-state index contributed by atoms with van der Waals surface area (Å²) in [5, 5.41) is 2.99. The second-order valence-electron chi connectivity index (χ2n) is 9.24. The average Bonchev–Trinajstić information content (AvgIpc) is 2.91. The van der Waals surface area contributed by atoms with Gasteiger partial charge in [0.15, 0.2) is 0 Å². The molecule has 0 aliphatic carbocycles. The Hall–Kier alpha value is -3.72. The molecule has 1 atom stereocenters. The van der Waals surface area contributed by atoms with Crippen molar-refractivity contribution in [1.82, 2.24) is 5.32 Å². The number of nitrogens with zero attached hydrogens (tertiary/aromatic N) is 1. The smallest absolute Gasteiger partial charge is 0.416 e. The minimum Gasteiger partial charge on any atom is -0.494 e. The van der Waals surface area contributed by atoms with Gasteiger partial charge in [-0.1, -0.05) is 49.4 Å². The summed E-state index contributed by atoms with van der Waals surface area (Å²) in [6.07, 6.45) is -0.803. The lowest BCUT2D eigenvalue weighted by Crippen LogP contribution is -2.31. The number of amides is 2. The Morgan fingerprint density at radius 2 is 1.77 bits per heavy atom. The average molecular weight is 555 g/mol. The number of anilines is 1. The predicted molar refractivity (Wildman–Crippen MR) is 148 cm³/mol. The number of hydrogen-bond donors (Lipinski definition) is 1. The number of benzene rings is 3. The van der Waals surface area contributed by atoms with Crippen LogP contribution in [0, 0.1) is 0 Å². The van der Waals surface area contributed by atoms with Crippen LogP contribution >= 0.6 is 11.8 Å². The molecule has 204 valence electrons. The van der Waals surface area contributed by atoms with Crippen molar-refractivity contribution < 1.29 is 27.5 Å². The number of fused-ring (bicyclic) bond motifs is 1. The van der Waals surface area contributed by atoms with E-state index in [0.717, 1.165) is 41.2 Å². The molecule has 2 amide bonds. The normalized spacial score (nSPS) is 15.2. The lowest BCUT2D eigenvalue weighted by atomic mass is 10.1. The van der Waals surface area contributed by atoms with Crippen molar-refractivity contribution in [3.8, 4) is 5.75 Å². The van der Waals surface area contributed by atoms with Crippen molar-refractivity contribution in [2.24, 2.45) is 0 Å². The molecule has 1 N–H and O–H groups in total. The van der Waals surface area contributed by atoms with E-state index in [-0.39, 0.29) is 17.9 Å². The highest BCUT2D eigenvalue weighted by atomic mass is 32.2. The van der Waals surface area contributed by atoms with E-state index < -0.39 is 11.7 Å². The van der Waals surface area contributed by atoms with Crippen LogP contribution in [0.4, 0.5) is 18.9 Å². The van der Waals surface area contributed by atoms with Gasteiger partial charge in [-0.05, 0) is 73.0 Å². The van der Waals surface area contributed by atoms with E-state index in [1.807, 2.05) is 31.2 Å². The number of carbonyl (C=O) groups is 2. The SMILES string of the molecule is CCCCOc1ccc(C(C)NC(=O)c2ccc3c(c2)N(C)C(=O)/C(=C\c2ccc(C(F)(F)F)cc2)S3)cc1. The molecular weight excluding hydrogens is 525 g/mol. The number of ether oxygens (including phenoxy) is 1. The van der Waals surface area contributed by atoms with E-state index in [9.17, 15) is 22.8 Å². The number of thioether (sulfide) groups is 1. The van der Waals surface area contributed by atoms with Gasteiger partial charge in [-0.15, -0.1) is 0 Å². The van der Waals surface area contributed by atoms with Gasteiger partial charge in [0, 0.05) is 17.5 Å². The van der Waals surface area contributed by atoms with Crippen LogP contribution < -0.4 is 15.0 Å². The van der Waals surface area contributed by atoms with Crippen molar-refractivity contribution in [3.05, 3.63) is 93.9 Å². The molecule has 5 nitrogen and oxygen atoms in total. The van der Waals surface area contributed by atoms with Gasteiger partial charge in [0.2, 0.25) is 0 Å². The summed E-state index contributed by atoms with van der Waals surface area (Å²) in [5.74, 6) is 0.211. The number of likely N-dealkylation sites (N-methyl/N-ethyl adjacent to an activating group) is 1. The zero-order valence-corrected chi connectivity index (χ0v) is 22.7. The highest BCUT2D eigenvalue weighted by Crippen LogP contribution is 2.42. The molecule has 1 aliphatic heterocycles. The summed E-state index contributed by atoms with van der Waals surface area (Å²) in [7, 11) is 1.61. The van der Waals surface area contributed by atoms with Crippen molar-refractivity contribution in [1.29, 1.82) is 0 Å². The third-order valence-corrected chi connectivity index (χ3v) is 7.43. The minimum absolute atomic E-state index is 0.245. The monoisotopic (exact) mass is 554 g/mol. The zero-order valence-electron chi connectivity index (χ0n) is 21.8. The first-order valence-electron chi connectivity index (χ1n) is 12.6. The maximum Gasteiger partial charge on any atom is 0.416 e. The van der Waals surface area contributed by atoms with Crippen molar-refractivity contribution in [2.75, 3.05) is 18.6 Å². The highest BCUT2D eigenvalue weighted by Gasteiger charge is 2.30. The fraction of sp³-hybridized carbons (Fsp3) is 0.267. The molecule has 0 bridgehead atoms. The second kappa shape index (κ2) is 12.0. The molecular formula is C30H29F3N2O3S. The molecule has 1 unspecified atom stereocenters. The van der Waals surface area contributed by atoms with E-state index in [1.165, 1.54) is 28.8 Å². The van der Waals surface area contributed by atoms with E-state index in [0.29, 0.717) is 28.3 Å². The molecule has 1 heterocycles. The molecule has 1 aliphatic rings. The summed E-state index contributed by atoms with van der Waals surface area (Å²) in [6.45, 7) is 4.67. The zero-order chi connectivity index (χ0) is 28.2. The Labute approximate surface area is 230 Å². The van der Waals surface area contributed by atoms with Crippen LogP contribution in [-0.4, -0.2) is 25.5 Å². The number of alkyl halides is 3. The first-order chi connectivity index (χ1) is 18.6. The van der Waals surface area contributed by atoms with Gasteiger partial charge in [-0.25, -0.2) is 0 Å². The Kier molecular flexibility index (Phi) is 8.70. The Bertz CT molecular complexity index is 1370. The molecule has 0 saturated heterocycles. The van der Waals surface area contributed by atoms with Gasteiger partial charge in [-0.2, -0.15) is 13.2 Å². The fourth-order valence-electron chi connectivity index (χ4n) is 4.01. The van der Waals surface area contributed by atoms with Gasteiger partial charge in [0.05, 0.1) is 28.8 Å². The number of rotatable bonds is 8. The number of unbranched alkanes of at least 4 members (excludes halogenated alkanes) is 1. The summed E-state index contributed by atoms with van der Waals surface area (Å²) < 4.78 is 44.2. The highest BCUT2D eigenvalue weighted by molar-refractivity contribution is 8.04. The summed E-state index contributed by atoms with van der Waals surface area (Å²) in [6, 6.07) is 17.2. The molecule has 0 radical (unpaired) electrons. The van der Waals surface area contributed by atoms with Crippen LogP contribution in [0.15, 0.2) is 76.5 Å². The molecule has 0 fully saturated rings. The van der Waals surface area contributed by atoms with Crippen LogP contribution in [0.5, 0.6) is 5.75 Å². The molecule has 4 rings (SSSR count). The first kappa shape index (κ1) is 28.3. The Morgan fingerprint density at radius 3 is 2.41 bits per heavy atom. The van der Waals surface area contributed by atoms with Gasteiger partial charge >= 0.3 is 6.18 Å². The van der Waals surface area contributed by atoms with Crippen LogP contribution in [0.3, 0.4) is 0 Å². The summed E-state index contributed by atoms with van der Waals surface area (Å²) in [4.78, 5) is 28.6. The van der Waals surface area contributed by atoms with E-state index in [2.05, 4.69) is 12.2 Å². The maximum atomic E-state index is 13.0. The van der Waals surface area contributed by atoms with Crippen LogP contribution in [0.1, 0.15) is 59.8 Å². The standard InChI is InChI=1S/C30H29F3N2O3S/c1-4-5-16-38-24-13-8-21(9-14-24)19(2)34-28(36)22-10-15-26-25(18-22)35(3)29(37)27(39-26)17-20-6-11-23(12-7-20)30(31,32)33/h6-15,17-19H,4-5,16H2,1-3H3,(H,34,36)/b27-17+. The van der Waals surface area contributed by atoms with Gasteiger partial charge in [0.1, 0.15) is 5.75 Å². The lowest BCUT2D eigenvalue weighted by Gasteiger charge is -2.27. The van der Waals surface area contributed by atoms with Gasteiger partial charge in [0.25, 0.3) is 11.8 Å². The molecule has 39 heavy (non-hydrogen) atoms. The lowest BCUT2D eigenvalue weighted by molar-refractivity contribution is -0.137. The van der Waals surface area contributed by atoms with E-state index in [4.69, 9.17) is 4.74 Å². The quantitative estimate of drug-likeness (QED) is 0.232. The second-order valence-corrected chi connectivity index (χ2v) is 10.3. The number of nitrogens with one attached hydrogen (secondary N) is 1. The molecule has 9 heteroatoms. The number of hydrogen-bond acceptors (Lipinski definition) is 4. The van der Waals surface area contributed by atoms with Crippen LogP contribution in [0.25, 0.3) is 6.08 Å². The molecule has 0 aromatic heterocycles. The van der Waals surface area contributed by atoms with Crippen molar-refractivity contribution >= 4 is 35.3 Å². The van der Waals surface area contributed by atoms with Gasteiger partial charge < -0.3 is 15.0 Å². The first-order valence-corrected chi connectivity index (χ1v) is 13.4. The summed E-state index contributed by atoms with van der Waals surface area (Å²) in [5.41, 5.74) is 1.67. The summed E-state index contributed by atoms with van der Waals surface area (Å²) >= 11 is 1.22.